The first-order valence-corrected chi connectivity index (χ1v) is 19.9. The molecule has 0 bridgehead atoms. The Morgan fingerprint density at radius 2 is 1.64 bits per heavy atom. The van der Waals surface area contributed by atoms with E-state index in [2.05, 4.69) is 9.80 Å². The number of carbonyl (C=O) groups excluding carboxylic acids is 2. The van der Waals surface area contributed by atoms with E-state index in [0.717, 1.165) is 82.2 Å². The van der Waals surface area contributed by atoms with Gasteiger partial charge >= 0.3 is 5.97 Å². The molecule has 0 aliphatic carbocycles. The fraction of sp³-hybridized carbons (Fsp3) is 0.378. The molecule has 9 nitrogen and oxygen atoms in total. The highest BCUT2D eigenvalue weighted by Gasteiger charge is 2.34. The standard InChI is InChI=1S/C45H50N2O7S/c1-45(2,3)54-44(49)38-11-8-20-47(38)23-26-52-35-16-14-32(15-17-35)43-41(37-19-18-36(28-40(37)55-43)53-30-31-9-6-5-7-10-31)42(48)33-12-13-34(39(27-33)50-4)29-46-21-24-51-25-22-46/h5-7,9-10,12-19,27-28,38H,8,11,20-26,29-30H2,1-4H3. The van der Waals surface area contributed by atoms with E-state index in [1.165, 1.54) is 0 Å². The van der Waals surface area contributed by atoms with Crippen molar-refractivity contribution in [2.24, 2.45) is 0 Å². The van der Waals surface area contributed by atoms with Gasteiger partial charge in [-0.15, -0.1) is 11.3 Å². The highest BCUT2D eigenvalue weighted by Crippen LogP contribution is 2.42. The third-order valence-electron chi connectivity index (χ3n) is 9.99. The van der Waals surface area contributed by atoms with Crippen LogP contribution >= 0.6 is 11.3 Å². The van der Waals surface area contributed by atoms with E-state index >= 15 is 0 Å². The van der Waals surface area contributed by atoms with Crippen LogP contribution in [0.1, 0.15) is 60.7 Å². The van der Waals surface area contributed by atoms with Gasteiger partial charge in [0.25, 0.3) is 0 Å². The van der Waals surface area contributed by atoms with Crippen molar-refractivity contribution in [2.75, 3.05) is 53.1 Å². The highest BCUT2D eigenvalue weighted by molar-refractivity contribution is 7.22. The Morgan fingerprint density at radius 1 is 0.873 bits per heavy atom. The van der Waals surface area contributed by atoms with Crippen LogP contribution in [-0.4, -0.2) is 86.3 Å². The summed E-state index contributed by atoms with van der Waals surface area (Å²) in [5, 5.41) is 0.874. The number of benzene rings is 4. The summed E-state index contributed by atoms with van der Waals surface area (Å²) in [6, 6.07) is 29.5. The molecule has 0 N–H and O–H groups in total. The number of rotatable bonds is 14. The van der Waals surface area contributed by atoms with Crippen LogP contribution in [0.2, 0.25) is 0 Å². The Morgan fingerprint density at radius 3 is 2.38 bits per heavy atom. The molecule has 0 spiro atoms. The molecule has 10 heteroatoms. The molecule has 288 valence electrons. The molecule has 1 unspecified atom stereocenters. The van der Waals surface area contributed by atoms with Gasteiger partial charge in [0.15, 0.2) is 5.78 Å². The third-order valence-corrected chi connectivity index (χ3v) is 11.2. The van der Waals surface area contributed by atoms with Gasteiger partial charge < -0.3 is 23.7 Å². The fourth-order valence-corrected chi connectivity index (χ4v) is 8.44. The van der Waals surface area contributed by atoms with E-state index < -0.39 is 5.60 Å². The zero-order chi connectivity index (χ0) is 38.4. The van der Waals surface area contributed by atoms with E-state index in [1.807, 2.05) is 112 Å². The molecule has 2 aliphatic heterocycles. The lowest BCUT2D eigenvalue weighted by Crippen LogP contribution is -2.42. The number of methoxy groups -OCH3 is 1. The van der Waals surface area contributed by atoms with Crippen LogP contribution in [0, 0.1) is 0 Å². The summed E-state index contributed by atoms with van der Waals surface area (Å²) >= 11 is 1.58. The number of ketones is 1. The molecule has 1 atom stereocenters. The second-order valence-corrected chi connectivity index (χ2v) is 16.1. The van der Waals surface area contributed by atoms with Gasteiger partial charge in [-0.2, -0.15) is 0 Å². The lowest BCUT2D eigenvalue weighted by Gasteiger charge is -2.27. The van der Waals surface area contributed by atoms with Crippen LogP contribution in [0.25, 0.3) is 20.5 Å². The molecule has 2 aliphatic rings. The van der Waals surface area contributed by atoms with Gasteiger partial charge in [0, 0.05) is 57.8 Å². The summed E-state index contributed by atoms with van der Waals surface area (Å²) in [5.74, 6) is 1.93. The topological polar surface area (TPSA) is 86.8 Å². The second kappa shape index (κ2) is 17.4. The van der Waals surface area contributed by atoms with Crippen molar-refractivity contribution in [3.63, 3.8) is 0 Å². The van der Waals surface area contributed by atoms with E-state index in [4.69, 9.17) is 23.7 Å². The minimum Gasteiger partial charge on any atom is -0.496 e. The first kappa shape index (κ1) is 38.5. The lowest BCUT2D eigenvalue weighted by atomic mass is 9.96. The molecule has 1 aromatic heterocycles. The Hall–Kier alpha value is -4.74. The molecule has 55 heavy (non-hydrogen) atoms. The van der Waals surface area contributed by atoms with Crippen LogP contribution in [0.15, 0.2) is 91.0 Å². The predicted octanol–water partition coefficient (Wildman–Crippen LogP) is 8.40. The number of hydrogen-bond acceptors (Lipinski definition) is 10. The van der Waals surface area contributed by atoms with E-state index in [0.29, 0.717) is 49.8 Å². The van der Waals surface area contributed by atoms with Gasteiger partial charge in [0.1, 0.15) is 42.1 Å². The zero-order valence-electron chi connectivity index (χ0n) is 32.2. The van der Waals surface area contributed by atoms with E-state index in [1.54, 1.807) is 18.4 Å². The smallest absolute Gasteiger partial charge is 0.323 e. The maximum Gasteiger partial charge on any atom is 0.323 e. The normalized spacial score (nSPS) is 16.6. The summed E-state index contributed by atoms with van der Waals surface area (Å²) in [6.45, 7) is 12.0. The average Bonchev–Trinajstić information content (AvgIpc) is 3.82. The first-order chi connectivity index (χ1) is 26.6. The number of hydrogen-bond donors (Lipinski definition) is 0. The summed E-state index contributed by atoms with van der Waals surface area (Å²) in [6.07, 6.45) is 1.76. The van der Waals surface area contributed by atoms with Crippen LogP contribution < -0.4 is 14.2 Å². The number of fused-ring (bicyclic) bond motifs is 1. The van der Waals surface area contributed by atoms with Crippen LogP contribution in [0.3, 0.4) is 0 Å². The minimum atomic E-state index is -0.512. The van der Waals surface area contributed by atoms with Crippen LogP contribution in [-0.2, 0) is 27.4 Å². The van der Waals surface area contributed by atoms with Gasteiger partial charge in [-0.3, -0.25) is 19.4 Å². The second-order valence-electron chi connectivity index (χ2n) is 15.1. The summed E-state index contributed by atoms with van der Waals surface area (Å²) < 4.78 is 30.3. The van der Waals surface area contributed by atoms with Crippen molar-refractivity contribution in [3.8, 4) is 27.7 Å². The Labute approximate surface area is 327 Å². The molecule has 2 saturated heterocycles. The van der Waals surface area contributed by atoms with E-state index in [9.17, 15) is 9.59 Å². The van der Waals surface area contributed by atoms with Crippen molar-refractivity contribution < 1.29 is 33.3 Å². The van der Waals surface area contributed by atoms with Crippen molar-refractivity contribution in [3.05, 3.63) is 113 Å². The number of ether oxygens (including phenoxy) is 5. The molecule has 0 radical (unpaired) electrons. The molecule has 2 fully saturated rings. The number of esters is 1. The molecule has 5 aromatic rings. The van der Waals surface area contributed by atoms with Gasteiger partial charge in [-0.1, -0.05) is 42.5 Å². The third kappa shape index (κ3) is 9.56. The Kier molecular flexibility index (Phi) is 12.2. The van der Waals surface area contributed by atoms with Gasteiger partial charge in [0.05, 0.1) is 20.3 Å². The summed E-state index contributed by atoms with van der Waals surface area (Å²) in [7, 11) is 1.66. The van der Waals surface area contributed by atoms with Crippen molar-refractivity contribution in [1.29, 1.82) is 0 Å². The summed E-state index contributed by atoms with van der Waals surface area (Å²) in [5.41, 5.74) is 3.75. The molecule has 4 aromatic carbocycles. The number of likely N-dealkylation sites (tertiary alicyclic amines) is 1. The Balaban J connectivity index is 1.12. The number of nitrogens with zero attached hydrogens (tertiary/aromatic N) is 2. The molecule has 0 saturated carbocycles. The van der Waals surface area contributed by atoms with Crippen molar-refractivity contribution in [1.82, 2.24) is 9.80 Å². The molecule has 0 amide bonds. The van der Waals surface area contributed by atoms with Gasteiger partial charge in [0.2, 0.25) is 0 Å². The highest BCUT2D eigenvalue weighted by atomic mass is 32.1. The lowest BCUT2D eigenvalue weighted by molar-refractivity contribution is -0.160. The number of morpholine rings is 1. The molecule has 7 rings (SSSR count). The molecule has 3 heterocycles. The quantitative estimate of drug-likeness (QED) is 0.0818. The first-order valence-electron chi connectivity index (χ1n) is 19.1. The van der Waals surface area contributed by atoms with Crippen molar-refractivity contribution in [2.45, 2.75) is 58.4 Å². The SMILES string of the molecule is COc1cc(C(=O)c2c(-c3ccc(OCCN4CCCC4C(=O)OC(C)(C)C)cc3)sc3cc(OCc4ccccc4)ccc23)ccc1CN1CCOCC1. The Bertz CT molecular complexity index is 2080. The predicted molar refractivity (Wildman–Crippen MR) is 216 cm³/mol. The number of carbonyl (C=O) groups is 2. The van der Waals surface area contributed by atoms with Gasteiger partial charge in [-0.05, 0) is 99.8 Å². The molecular weight excluding hydrogens is 713 g/mol. The van der Waals surface area contributed by atoms with Gasteiger partial charge in [-0.25, -0.2) is 0 Å². The summed E-state index contributed by atoms with van der Waals surface area (Å²) in [4.78, 5) is 32.8. The minimum absolute atomic E-state index is 0.0686. The van der Waals surface area contributed by atoms with Crippen LogP contribution in [0.4, 0.5) is 0 Å². The average molecular weight is 763 g/mol. The molecular formula is C45H50N2O7S. The fourth-order valence-electron chi connectivity index (χ4n) is 7.21. The monoisotopic (exact) mass is 762 g/mol. The van der Waals surface area contributed by atoms with Crippen LogP contribution in [0.5, 0.6) is 17.2 Å². The van der Waals surface area contributed by atoms with Crippen molar-refractivity contribution >= 4 is 33.2 Å². The van der Waals surface area contributed by atoms with E-state index in [-0.39, 0.29) is 17.8 Å². The zero-order valence-corrected chi connectivity index (χ0v) is 33.0. The maximum atomic E-state index is 14.6. The maximum absolute atomic E-state index is 14.6. The number of thiophene rings is 1. The largest absolute Gasteiger partial charge is 0.496 e.